The number of nitrogens with one attached hydrogen (secondary N) is 1. The Morgan fingerprint density at radius 1 is 1.22 bits per heavy atom. The van der Waals surface area contributed by atoms with Gasteiger partial charge in [0.15, 0.2) is 0 Å². The second kappa shape index (κ2) is 10.0. The average Bonchev–Trinajstić information content (AvgIpc) is 2.61. The molecule has 23 heavy (non-hydrogen) atoms. The molecule has 0 spiro atoms. The molecule has 0 unspecified atom stereocenters. The number of unbranched alkanes of at least 4 members (excludes halogenated alkanes) is 2. The van der Waals surface area contributed by atoms with E-state index in [1.807, 2.05) is 0 Å². The highest BCUT2D eigenvalue weighted by Crippen LogP contribution is 2.21. The first-order valence-electron chi connectivity index (χ1n) is 8.64. The molecule has 0 aromatic carbocycles. The summed E-state index contributed by atoms with van der Waals surface area (Å²) in [7, 11) is 0. The molecule has 1 aromatic heterocycles. The first-order chi connectivity index (χ1) is 11.3. The third-order valence-corrected chi connectivity index (χ3v) is 4.11. The van der Waals surface area contributed by atoms with Gasteiger partial charge in [-0.1, -0.05) is 25.7 Å². The van der Waals surface area contributed by atoms with Crippen LogP contribution in [0.2, 0.25) is 0 Å². The van der Waals surface area contributed by atoms with Crippen LogP contribution in [-0.4, -0.2) is 35.2 Å². The Labute approximate surface area is 138 Å². The fourth-order valence-electron chi connectivity index (χ4n) is 2.71. The molecule has 0 bridgehead atoms. The lowest BCUT2D eigenvalue weighted by Crippen LogP contribution is -2.10. The second-order valence-electron chi connectivity index (χ2n) is 6.04. The van der Waals surface area contributed by atoms with E-state index in [4.69, 9.17) is 5.73 Å². The summed E-state index contributed by atoms with van der Waals surface area (Å²) >= 11 is 0. The van der Waals surface area contributed by atoms with Gasteiger partial charge in [-0.2, -0.15) is 0 Å². The van der Waals surface area contributed by atoms with Crippen LogP contribution in [-0.2, 0) is 0 Å². The molecule has 1 aliphatic rings. The van der Waals surface area contributed by atoms with Crippen LogP contribution in [0.1, 0.15) is 61.9 Å². The third kappa shape index (κ3) is 6.44. The van der Waals surface area contributed by atoms with Crippen molar-refractivity contribution in [3.8, 4) is 0 Å². The summed E-state index contributed by atoms with van der Waals surface area (Å²) in [6, 6.07) is 0. The molecule has 126 valence electrons. The number of carbonyl (C=O) groups excluding carboxylic acids is 1. The zero-order valence-electron chi connectivity index (χ0n) is 13.7. The SMILES string of the molecule is NCCCCCNc1cnc(C(=O)N=CC2CCCCC2)cn1. The van der Waals surface area contributed by atoms with E-state index in [0.29, 0.717) is 17.4 Å². The zero-order chi connectivity index (χ0) is 16.3. The molecule has 6 heteroatoms. The molecular formula is C17H27N5O. The van der Waals surface area contributed by atoms with Crippen LogP contribution in [0.25, 0.3) is 0 Å². The van der Waals surface area contributed by atoms with E-state index in [1.165, 1.54) is 25.5 Å². The summed E-state index contributed by atoms with van der Waals surface area (Å²) in [5.41, 5.74) is 5.75. The van der Waals surface area contributed by atoms with E-state index < -0.39 is 0 Å². The van der Waals surface area contributed by atoms with Crippen LogP contribution in [0.3, 0.4) is 0 Å². The fourth-order valence-corrected chi connectivity index (χ4v) is 2.71. The summed E-state index contributed by atoms with van der Waals surface area (Å²) in [6.45, 7) is 1.57. The molecule has 0 atom stereocenters. The molecular weight excluding hydrogens is 290 g/mol. The van der Waals surface area contributed by atoms with Crippen molar-refractivity contribution in [3.63, 3.8) is 0 Å². The van der Waals surface area contributed by atoms with E-state index in [9.17, 15) is 4.79 Å². The van der Waals surface area contributed by atoms with E-state index >= 15 is 0 Å². The third-order valence-electron chi connectivity index (χ3n) is 4.11. The lowest BCUT2D eigenvalue weighted by molar-refractivity contribution is 0.0997. The number of hydrogen-bond acceptors (Lipinski definition) is 5. The Morgan fingerprint density at radius 2 is 2.04 bits per heavy atom. The highest BCUT2D eigenvalue weighted by atomic mass is 16.1. The van der Waals surface area contributed by atoms with Crippen molar-refractivity contribution < 1.29 is 4.79 Å². The molecule has 0 saturated heterocycles. The van der Waals surface area contributed by atoms with Crippen LogP contribution in [0.4, 0.5) is 5.82 Å². The number of carbonyl (C=O) groups is 1. The predicted molar refractivity (Wildman–Crippen MR) is 92.8 cm³/mol. The molecule has 0 aliphatic heterocycles. The van der Waals surface area contributed by atoms with Gasteiger partial charge in [-0.25, -0.2) is 15.0 Å². The summed E-state index contributed by atoms with van der Waals surface area (Å²) in [6.07, 6.45) is 14.1. The number of rotatable bonds is 8. The monoisotopic (exact) mass is 317 g/mol. The number of nitrogens with zero attached hydrogens (tertiary/aromatic N) is 3. The van der Waals surface area contributed by atoms with E-state index in [0.717, 1.165) is 45.2 Å². The molecule has 1 amide bonds. The number of nitrogens with two attached hydrogens (primary N) is 1. The molecule has 1 saturated carbocycles. The summed E-state index contributed by atoms with van der Waals surface area (Å²) in [4.78, 5) is 24.4. The molecule has 0 radical (unpaired) electrons. The topological polar surface area (TPSA) is 93.3 Å². The van der Waals surface area contributed by atoms with Crippen molar-refractivity contribution in [2.24, 2.45) is 16.6 Å². The van der Waals surface area contributed by atoms with Crippen LogP contribution >= 0.6 is 0 Å². The van der Waals surface area contributed by atoms with Crippen LogP contribution in [0.5, 0.6) is 0 Å². The van der Waals surface area contributed by atoms with Crippen molar-refractivity contribution in [3.05, 3.63) is 18.1 Å². The van der Waals surface area contributed by atoms with Gasteiger partial charge in [0.05, 0.1) is 12.4 Å². The summed E-state index contributed by atoms with van der Waals surface area (Å²) < 4.78 is 0. The minimum absolute atomic E-state index is 0.297. The quantitative estimate of drug-likeness (QED) is 0.568. The highest BCUT2D eigenvalue weighted by Gasteiger charge is 2.12. The Hall–Kier alpha value is -1.82. The molecule has 1 aromatic rings. The number of amides is 1. The maximum absolute atomic E-state index is 12.0. The largest absolute Gasteiger partial charge is 0.369 e. The van der Waals surface area contributed by atoms with Gasteiger partial charge in [0.1, 0.15) is 11.5 Å². The Balaban J connectivity index is 1.76. The Kier molecular flexibility index (Phi) is 7.66. The fraction of sp³-hybridized carbons (Fsp3) is 0.647. The molecule has 3 N–H and O–H groups in total. The minimum atomic E-state index is -0.308. The van der Waals surface area contributed by atoms with Crippen molar-refractivity contribution in [2.75, 3.05) is 18.4 Å². The molecule has 2 rings (SSSR count). The standard InChI is InChI=1S/C17H27N5O/c18-9-5-2-6-10-19-16-13-20-15(12-21-16)17(23)22-11-14-7-3-1-4-8-14/h11-14H,1-10,18H2,(H,19,21). The zero-order valence-corrected chi connectivity index (χ0v) is 13.7. The number of hydrogen-bond donors (Lipinski definition) is 2. The van der Waals surface area contributed by atoms with Gasteiger partial charge < -0.3 is 11.1 Å². The lowest BCUT2D eigenvalue weighted by atomic mass is 9.90. The van der Waals surface area contributed by atoms with Gasteiger partial charge >= 0.3 is 0 Å². The number of aromatic nitrogens is 2. The summed E-state index contributed by atoms with van der Waals surface area (Å²) in [5, 5.41) is 3.19. The van der Waals surface area contributed by atoms with Crippen LogP contribution in [0, 0.1) is 5.92 Å². The first kappa shape index (κ1) is 17.5. The maximum atomic E-state index is 12.0. The van der Waals surface area contributed by atoms with Gasteiger partial charge in [-0.3, -0.25) is 4.79 Å². The lowest BCUT2D eigenvalue weighted by Gasteiger charge is -2.16. The predicted octanol–water partition coefficient (Wildman–Crippen LogP) is 2.81. The molecule has 1 fully saturated rings. The van der Waals surface area contributed by atoms with E-state index in [-0.39, 0.29) is 5.91 Å². The molecule has 6 nitrogen and oxygen atoms in total. The number of anilines is 1. The highest BCUT2D eigenvalue weighted by molar-refractivity contribution is 5.97. The van der Waals surface area contributed by atoms with Gasteiger partial charge in [-0.15, -0.1) is 0 Å². The van der Waals surface area contributed by atoms with E-state index in [2.05, 4.69) is 20.3 Å². The van der Waals surface area contributed by atoms with Crippen molar-refractivity contribution in [2.45, 2.75) is 51.4 Å². The van der Waals surface area contributed by atoms with Gasteiger partial charge in [-0.05, 0) is 38.1 Å². The second-order valence-corrected chi connectivity index (χ2v) is 6.04. The Morgan fingerprint density at radius 3 is 2.74 bits per heavy atom. The Bertz CT molecular complexity index is 494. The normalized spacial score (nSPS) is 15.9. The number of aliphatic imine (C=N–C) groups is 1. The van der Waals surface area contributed by atoms with E-state index in [1.54, 1.807) is 12.4 Å². The van der Waals surface area contributed by atoms with Crippen LogP contribution < -0.4 is 11.1 Å². The van der Waals surface area contributed by atoms with Crippen molar-refractivity contribution >= 4 is 17.9 Å². The minimum Gasteiger partial charge on any atom is -0.369 e. The molecule has 1 heterocycles. The van der Waals surface area contributed by atoms with Gasteiger partial charge in [0, 0.05) is 12.8 Å². The van der Waals surface area contributed by atoms with Gasteiger partial charge in [0.25, 0.3) is 5.91 Å². The maximum Gasteiger partial charge on any atom is 0.296 e. The van der Waals surface area contributed by atoms with Crippen molar-refractivity contribution in [1.82, 2.24) is 9.97 Å². The average molecular weight is 317 g/mol. The smallest absolute Gasteiger partial charge is 0.296 e. The summed E-state index contributed by atoms with van der Waals surface area (Å²) in [5.74, 6) is 0.818. The van der Waals surface area contributed by atoms with Crippen molar-refractivity contribution in [1.29, 1.82) is 0 Å². The first-order valence-corrected chi connectivity index (χ1v) is 8.64. The van der Waals surface area contributed by atoms with Gasteiger partial charge in [0.2, 0.25) is 0 Å². The molecule has 1 aliphatic carbocycles. The van der Waals surface area contributed by atoms with Crippen LogP contribution in [0.15, 0.2) is 17.4 Å².